The Balaban J connectivity index is 2.31. The van der Waals surface area contributed by atoms with Crippen molar-refractivity contribution in [2.45, 2.75) is 26.1 Å². The second-order valence-corrected chi connectivity index (χ2v) is 5.02. The average Bonchev–Trinajstić information content (AvgIpc) is 2.36. The highest BCUT2D eigenvalue weighted by molar-refractivity contribution is 5.37. The molecule has 2 aromatic carbocycles. The smallest absolute Gasteiger partial charge is 0.320 e. The lowest BCUT2D eigenvalue weighted by molar-refractivity contribution is -0.137. The molecule has 2 aromatic rings. The fourth-order valence-corrected chi connectivity index (χ4v) is 2.26. The van der Waals surface area contributed by atoms with E-state index >= 15 is 0 Å². The number of hydrogen-bond acceptors (Lipinski definition) is 1. The first-order chi connectivity index (χ1) is 9.27. The third kappa shape index (κ3) is 3.20. The van der Waals surface area contributed by atoms with E-state index in [9.17, 15) is 13.2 Å². The van der Waals surface area contributed by atoms with Gasteiger partial charge in [-0.2, -0.15) is 13.2 Å². The van der Waals surface area contributed by atoms with Crippen molar-refractivity contribution in [3.63, 3.8) is 0 Å². The Morgan fingerprint density at radius 2 is 1.35 bits per heavy atom. The van der Waals surface area contributed by atoms with Gasteiger partial charge in [0.15, 0.2) is 0 Å². The van der Waals surface area contributed by atoms with Crippen LogP contribution in [0.5, 0.6) is 0 Å². The molecule has 20 heavy (non-hydrogen) atoms. The zero-order chi connectivity index (χ0) is 14.9. The van der Waals surface area contributed by atoms with Crippen LogP contribution in [0, 0.1) is 13.8 Å². The standard InChI is InChI=1S/C16H16F3N/c1-10-7-11(2)9-13(8-10)15(20)12-3-5-14(6-4-12)16(17,18)19/h3-9,15H,20H2,1-2H3. The van der Waals surface area contributed by atoms with Crippen molar-refractivity contribution < 1.29 is 13.2 Å². The molecule has 0 saturated carbocycles. The molecule has 0 radical (unpaired) electrons. The Morgan fingerprint density at radius 1 is 0.850 bits per heavy atom. The van der Waals surface area contributed by atoms with Crippen LogP contribution in [0.15, 0.2) is 42.5 Å². The summed E-state index contributed by atoms with van der Waals surface area (Å²) in [4.78, 5) is 0. The quantitative estimate of drug-likeness (QED) is 0.868. The van der Waals surface area contributed by atoms with Gasteiger partial charge in [0.1, 0.15) is 0 Å². The van der Waals surface area contributed by atoms with E-state index in [1.165, 1.54) is 12.1 Å². The van der Waals surface area contributed by atoms with Crippen LogP contribution < -0.4 is 5.73 Å². The van der Waals surface area contributed by atoms with Crippen molar-refractivity contribution >= 4 is 0 Å². The Morgan fingerprint density at radius 3 is 1.80 bits per heavy atom. The molecule has 0 aliphatic rings. The molecule has 2 N–H and O–H groups in total. The van der Waals surface area contributed by atoms with E-state index in [1.54, 1.807) is 0 Å². The summed E-state index contributed by atoms with van der Waals surface area (Å²) in [5.74, 6) is 0. The molecule has 4 heteroatoms. The third-order valence-electron chi connectivity index (χ3n) is 3.20. The Hall–Kier alpha value is -1.81. The van der Waals surface area contributed by atoms with Gasteiger partial charge in [0.2, 0.25) is 0 Å². The lowest BCUT2D eigenvalue weighted by Crippen LogP contribution is -2.13. The minimum absolute atomic E-state index is 0.420. The molecule has 0 fully saturated rings. The molecule has 106 valence electrons. The molecular weight excluding hydrogens is 263 g/mol. The molecule has 0 spiro atoms. The summed E-state index contributed by atoms with van der Waals surface area (Å²) < 4.78 is 37.6. The van der Waals surface area contributed by atoms with Crippen LogP contribution >= 0.6 is 0 Å². The Labute approximate surface area is 116 Å². The molecule has 0 amide bonds. The molecule has 0 saturated heterocycles. The monoisotopic (exact) mass is 279 g/mol. The van der Waals surface area contributed by atoms with Gasteiger partial charge < -0.3 is 5.73 Å². The summed E-state index contributed by atoms with van der Waals surface area (Å²) in [6.45, 7) is 3.94. The first kappa shape index (κ1) is 14.6. The van der Waals surface area contributed by atoms with Crippen LogP contribution in [0.1, 0.15) is 33.9 Å². The van der Waals surface area contributed by atoms with E-state index in [0.29, 0.717) is 5.56 Å². The summed E-state index contributed by atoms with van der Waals surface area (Å²) in [5, 5.41) is 0. The van der Waals surface area contributed by atoms with Crippen LogP contribution in [0.25, 0.3) is 0 Å². The van der Waals surface area contributed by atoms with Crippen molar-refractivity contribution in [1.82, 2.24) is 0 Å². The minimum atomic E-state index is -4.32. The van der Waals surface area contributed by atoms with Crippen molar-refractivity contribution in [3.8, 4) is 0 Å². The van der Waals surface area contributed by atoms with Crippen LogP contribution in [0.2, 0.25) is 0 Å². The van der Waals surface area contributed by atoms with Crippen molar-refractivity contribution in [1.29, 1.82) is 0 Å². The topological polar surface area (TPSA) is 26.0 Å². The van der Waals surface area contributed by atoms with Crippen LogP contribution in [-0.2, 0) is 6.18 Å². The lowest BCUT2D eigenvalue weighted by atomic mass is 9.96. The van der Waals surface area contributed by atoms with E-state index < -0.39 is 17.8 Å². The van der Waals surface area contributed by atoms with Gasteiger partial charge in [0, 0.05) is 0 Å². The maximum atomic E-state index is 12.5. The second-order valence-electron chi connectivity index (χ2n) is 5.02. The SMILES string of the molecule is Cc1cc(C)cc(C(N)c2ccc(C(F)(F)F)cc2)c1. The number of aryl methyl sites for hydroxylation is 2. The third-order valence-corrected chi connectivity index (χ3v) is 3.20. The molecule has 0 heterocycles. The van der Waals surface area contributed by atoms with E-state index in [1.807, 2.05) is 32.0 Å². The molecule has 1 nitrogen and oxygen atoms in total. The maximum absolute atomic E-state index is 12.5. The van der Waals surface area contributed by atoms with Crippen molar-refractivity contribution in [2.24, 2.45) is 5.73 Å². The fourth-order valence-electron chi connectivity index (χ4n) is 2.26. The maximum Gasteiger partial charge on any atom is 0.416 e. The van der Waals surface area contributed by atoms with Gasteiger partial charge in [0.25, 0.3) is 0 Å². The zero-order valence-corrected chi connectivity index (χ0v) is 11.3. The van der Waals surface area contributed by atoms with Crippen LogP contribution in [0.4, 0.5) is 13.2 Å². The normalized spacial score (nSPS) is 13.3. The van der Waals surface area contributed by atoms with Gasteiger partial charge in [0.05, 0.1) is 11.6 Å². The van der Waals surface area contributed by atoms with Crippen molar-refractivity contribution in [2.75, 3.05) is 0 Å². The zero-order valence-electron chi connectivity index (χ0n) is 11.3. The molecule has 2 rings (SSSR count). The van der Waals surface area contributed by atoms with Gasteiger partial charge in [-0.25, -0.2) is 0 Å². The van der Waals surface area contributed by atoms with E-state index in [2.05, 4.69) is 0 Å². The largest absolute Gasteiger partial charge is 0.416 e. The number of hydrogen-bond donors (Lipinski definition) is 1. The van der Waals surface area contributed by atoms with Gasteiger partial charge in [-0.05, 0) is 37.1 Å². The first-order valence-electron chi connectivity index (χ1n) is 6.28. The summed E-state index contributed by atoms with van der Waals surface area (Å²) in [5.41, 5.74) is 9.22. The van der Waals surface area contributed by atoms with Gasteiger partial charge in [-0.3, -0.25) is 0 Å². The molecule has 0 aliphatic carbocycles. The molecule has 0 aliphatic heterocycles. The van der Waals surface area contributed by atoms with Crippen molar-refractivity contribution in [3.05, 3.63) is 70.3 Å². The van der Waals surface area contributed by atoms with E-state index in [-0.39, 0.29) is 0 Å². The first-order valence-corrected chi connectivity index (χ1v) is 6.28. The predicted octanol–water partition coefficient (Wildman–Crippen LogP) is 4.37. The molecule has 1 unspecified atom stereocenters. The Bertz CT molecular complexity index is 580. The second kappa shape index (κ2) is 5.29. The number of halogens is 3. The lowest BCUT2D eigenvalue weighted by Gasteiger charge is -2.15. The summed E-state index contributed by atoms with van der Waals surface area (Å²) in [6.07, 6.45) is -4.32. The number of rotatable bonds is 2. The molecular formula is C16H16F3N. The number of benzene rings is 2. The summed E-state index contributed by atoms with van der Waals surface area (Å²) in [6, 6.07) is 10.5. The summed E-state index contributed by atoms with van der Waals surface area (Å²) in [7, 11) is 0. The highest BCUT2D eigenvalue weighted by atomic mass is 19.4. The summed E-state index contributed by atoms with van der Waals surface area (Å²) >= 11 is 0. The highest BCUT2D eigenvalue weighted by Gasteiger charge is 2.30. The molecule has 0 bridgehead atoms. The van der Waals surface area contributed by atoms with Gasteiger partial charge >= 0.3 is 6.18 Å². The van der Waals surface area contributed by atoms with Gasteiger partial charge in [-0.15, -0.1) is 0 Å². The predicted molar refractivity (Wildman–Crippen MR) is 73.4 cm³/mol. The number of nitrogens with two attached hydrogens (primary N) is 1. The molecule has 1 atom stereocenters. The fraction of sp³-hybridized carbons (Fsp3) is 0.250. The Kier molecular flexibility index (Phi) is 3.86. The molecule has 0 aromatic heterocycles. The minimum Gasteiger partial charge on any atom is -0.320 e. The van der Waals surface area contributed by atoms with Crippen LogP contribution in [-0.4, -0.2) is 0 Å². The van der Waals surface area contributed by atoms with E-state index in [4.69, 9.17) is 5.73 Å². The average molecular weight is 279 g/mol. The number of alkyl halides is 3. The highest BCUT2D eigenvalue weighted by Crippen LogP contribution is 2.30. The van der Waals surface area contributed by atoms with E-state index in [0.717, 1.165) is 28.8 Å². The van der Waals surface area contributed by atoms with Gasteiger partial charge in [-0.1, -0.05) is 41.5 Å². The van der Waals surface area contributed by atoms with Crippen LogP contribution in [0.3, 0.4) is 0 Å².